The van der Waals surface area contributed by atoms with Gasteiger partial charge in [0.1, 0.15) is 0 Å². The quantitative estimate of drug-likeness (QED) is 0.859. The smallest absolute Gasteiger partial charge is 0.253 e. The molecule has 0 saturated carbocycles. The largest absolute Gasteiger partial charge is 0.381 e. The molecule has 23 heavy (non-hydrogen) atoms. The van der Waals surface area contributed by atoms with Crippen LogP contribution >= 0.6 is 0 Å². The van der Waals surface area contributed by atoms with Crippen LogP contribution in [0.3, 0.4) is 0 Å². The molecule has 0 N–H and O–H groups in total. The molecule has 1 aromatic carbocycles. The van der Waals surface area contributed by atoms with Crippen LogP contribution in [-0.2, 0) is 11.3 Å². The first-order valence-electron chi connectivity index (χ1n) is 8.93. The van der Waals surface area contributed by atoms with E-state index in [1.807, 2.05) is 17.0 Å². The van der Waals surface area contributed by atoms with Gasteiger partial charge in [-0.2, -0.15) is 0 Å². The second-order valence-corrected chi connectivity index (χ2v) is 7.46. The normalized spacial score (nSPS) is 28.1. The van der Waals surface area contributed by atoms with Crippen LogP contribution in [0.15, 0.2) is 24.3 Å². The summed E-state index contributed by atoms with van der Waals surface area (Å²) in [6.07, 6.45) is 4.80. The van der Waals surface area contributed by atoms with Crippen molar-refractivity contribution in [3.63, 3.8) is 0 Å². The van der Waals surface area contributed by atoms with Crippen molar-refractivity contribution in [3.05, 3.63) is 35.4 Å². The second-order valence-electron chi connectivity index (χ2n) is 7.46. The van der Waals surface area contributed by atoms with E-state index in [1.54, 1.807) is 0 Å². The number of carbonyl (C=O) groups excluding carboxylic acids is 1. The van der Waals surface area contributed by atoms with E-state index < -0.39 is 0 Å². The Morgan fingerprint density at radius 2 is 2.04 bits per heavy atom. The van der Waals surface area contributed by atoms with Crippen molar-refractivity contribution in [2.24, 2.45) is 5.41 Å². The van der Waals surface area contributed by atoms with Crippen LogP contribution in [0.2, 0.25) is 0 Å². The lowest BCUT2D eigenvalue weighted by Gasteiger charge is -2.22. The minimum atomic E-state index is 0.192. The molecular weight excluding hydrogens is 288 g/mol. The molecule has 3 fully saturated rings. The van der Waals surface area contributed by atoms with Gasteiger partial charge in [0, 0.05) is 37.2 Å². The third-order valence-corrected chi connectivity index (χ3v) is 5.69. The molecule has 3 heterocycles. The first-order valence-corrected chi connectivity index (χ1v) is 8.93. The number of nitrogens with zero attached hydrogens (tertiary/aromatic N) is 2. The topological polar surface area (TPSA) is 32.8 Å². The van der Waals surface area contributed by atoms with E-state index in [0.29, 0.717) is 0 Å². The average Bonchev–Trinajstić information content (AvgIpc) is 3.31. The van der Waals surface area contributed by atoms with Crippen LogP contribution in [0, 0.1) is 5.41 Å². The molecule has 0 aliphatic carbocycles. The maximum atomic E-state index is 12.8. The molecule has 4 nitrogen and oxygen atoms in total. The van der Waals surface area contributed by atoms with Crippen molar-refractivity contribution >= 4 is 5.91 Å². The standard InChI is InChI=1S/C19H26N2O2/c22-18(21-10-6-19(14-21)7-11-23-15-19)17-5-3-4-16(12-17)13-20-8-1-2-9-20/h3-5,12H,1-2,6-11,13-15H2. The Hall–Kier alpha value is -1.39. The van der Waals surface area contributed by atoms with Gasteiger partial charge in [-0.15, -0.1) is 0 Å². The van der Waals surface area contributed by atoms with Crippen molar-refractivity contribution in [1.29, 1.82) is 0 Å². The van der Waals surface area contributed by atoms with Crippen molar-refractivity contribution < 1.29 is 9.53 Å². The Balaban J connectivity index is 1.44. The number of rotatable bonds is 3. The Morgan fingerprint density at radius 1 is 1.17 bits per heavy atom. The predicted molar refractivity (Wildman–Crippen MR) is 89.3 cm³/mol. The second kappa shape index (κ2) is 6.25. The number of hydrogen-bond acceptors (Lipinski definition) is 3. The summed E-state index contributed by atoms with van der Waals surface area (Å²) in [7, 11) is 0. The van der Waals surface area contributed by atoms with Crippen LogP contribution in [0.4, 0.5) is 0 Å². The molecule has 124 valence electrons. The molecule has 0 radical (unpaired) electrons. The number of benzene rings is 1. The number of carbonyl (C=O) groups is 1. The molecule has 0 aromatic heterocycles. The maximum absolute atomic E-state index is 12.8. The van der Waals surface area contributed by atoms with Gasteiger partial charge in [0.25, 0.3) is 5.91 Å². The summed E-state index contributed by atoms with van der Waals surface area (Å²) in [4.78, 5) is 17.4. The third kappa shape index (κ3) is 3.15. The van der Waals surface area contributed by atoms with Crippen molar-refractivity contribution in [2.45, 2.75) is 32.2 Å². The first-order chi connectivity index (χ1) is 11.2. The Labute approximate surface area is 138 Å². The molecule has 1 atom stereocenters. The molecule has 1 amide bonds. The molecule has 1 aromatic rings. The molecule has 3 saturated heterocycles. The molecule has 1 unspecified atom stereocenters. The Kier molecular flexibility index (Phi) is 4.12. The molecular formula is C19H26N2O2. The fourth-order valence-corrected chi connectivity index (χ4v) is 4.26. The average molecular weight is 314 g/mol. The van der Waals surface area contributed by atoms with Gasteiger partial charge in [-0.3, -0.25) is 9.69 Å². The molecule has 3 aliphatic rings. The lowest BCUT2D eigenvalue weighted by Crippen LogP contribution is -2.32. The fraction of sp³-hybridized carbons (Fsp3) is 0.632. The highest BCUT2D eigenvalue weighted by atomic mass is 16.5. The number of amides is 1. The number of ether oxygens (including phenoxy) is 1. The minimum Gasteiger partial charge on any atom is -0.381 e. The summed E-state index contributed by atoms with van der Waals surface area (Å²) in [6, 6.07) is 8.23. The summed E-state index contributed by atoms with van der Waals surface area (Å²) in [5.74, 6) is 0.192. The summed E-state index contributed by atoms with van der Waals surface area (Å²) < 4.78 is 5.57. The molecule has 1 spiro atoms. The molecule has 4 rings (SSSR count). The van der Waals surface area contributed by atoms with Crippen LogP contribution in [-0.4, -0.2) is 55.1 Å². The fourth-order valence-electron chi connectivity index (χ4n) is 4.26. The highest BCUT2D eigenvalue weighted by molar-refractivity contribution is 5.94. The van der Waals surface area contributed by atoms with Crippen LogP contribution in [0.5, 0.6) is 0 Å². The monoisotopic (exact) mass is 314 g/mol. The Morgan fingerprint density at radius 3 is 2.83 bits per heavy atom. The van der Waals surface area contributed by atoms with E-state index in [0.717, 1.165) is 51.3 Å². The van der Waals surface area contributed by atoms with E-state index in [2.05, 4.69) is 17.0 Å². The van der Waals surface area contributed by atoms with Crippen LogP contribution < -0.4 is 0 Å². The Bertz CT molecular complexity index is 574. The summed E-state index contributed by atoms with van der Waals surface area (Å²) >= 11 is 0. The van der Waals surface area contributed by atoms with Crippen LogP contribution in [0.1, 0.15) is 41.6 Å². The summed E-state index contributed by atoms with van der Waals surface area (Å²) in [6.45, 7) is 6.76. The van der Waals surface area contributed by atoms with Crippen LogP contribution in [0.25, 0.3) is 0 Å². The highest BCUT2D eigenvalue weighted by Gasteiger charge is 2.42. The maximum Gasteiger partial charge on any atom is 0.253 e. The third-order valence-electron chi connectivity index (χ3n) is 5.69. The molecule has 0 bridgehead atoms. The SMILES string of the molecule is O=C(c1cccc(CN2CCCC2)c1)N1CCC2(CCOC2)C1. The van der Waals surface area contributed by atoms with Crippen molar-refractivity contribution in [3.8, 4) is 0 Å². The van der Waals surface area contributed by atoms with Gasteiger partial charge in [0.2, 0.25) is 0 Å². The summed E-state index contributed by atoms with van der Waals surface area (Å²) in [5, 5.41) is 0. The molecule has 3 aliphatic heterocycles. The van der Waals surface area contributed by atoms with Gasteiger partial charge in [-0.25, -0.2) is 0 Å². The van der Waals surface area contributed by atoms with Gasteiger partial charge in [0.05, 0.1) is 6.61 Å². The van der Waals surface area contributed by atoms with E-state index in [9.17, 15) is 4.79 Å². The lowest BCUT2D eigenvalue weighted by atomic mass is 9.87. The zero-order valence-corrected chi connectivity index (χ0v) is 13.8. The zero-order chi connectivity index (χ0) is 15.7. The van der Waals surface area contributed by atoms with Crippen molar-refractivity contribution in [2.75, 3.05) is 39.4 Å². The van der Waals surface area contributed by atoms with Gasteiger partial charge in [-0.1, -0.05) is 12.1 Å². The van der Waals surface area contributed by atoms with E-state index >= 15 is 0 Å². The van der Waals surface area contributed by atoms with Gasteiger partial charge in [0.15, 0.2) is 0 Å². The lowest BCUT2D eigenvalue weighted by molar-refractivity contribution is 0.0765. The van der Waals surface area contributed by atoms with E-state index in [1.165, 1.54) is 31.5 Å². The van der Waals surface area contributed by atoms with Gasteiger partial charge < -0.3 is 9.64 Å². The van der Waals surface area contributed by atoms with Crippen molar-refractivity contribution in [1.82, 2.24) is 9.80 Å². The van der Waals surface area contributed by atoms with E-state index in [-0.39, 0.29) is 11.3 Å². The number of likely N-dealkylation sites (tertiary alicyclic amines) is 2. The molecule has 4 heteroatoms. The summed E-state index contributed by atoms with van der Waals surface area (Å²) in [5.41, 5.74) is 2.34. The van der Waals surface area contributed by atoms with E-state index in [4.69, 9.17) is 4.74 Å². The van der Waals surface area contributed by atoms with Gasteiger partial charge >= 0.3 is 0 Å². The zero-order valence-electron chi connectivity index (χ0n) is 13.8. The highest BCUT2D eigenvalue weighted by Crippen LogP contribution is 2.38. The number of hydrogen-bond donors (Lipinski definition) is 0. The predicted octanol–water partition coefficient (Wildman–Crippen LogP) is 2.54. The first kappa shape index (κ1) is 15.2. The van der Waals surface area contributed by atoms with Gasteiger partial charge in [-0.05, 0) is 56.5 Å². The minimum absolute atomic E-state index is 0.192.